The van der Waals surface area contributed by atoms with Crippen LogP contribution in [0.25, 0.3) is 33.3 Å². The van der Waals surface area contributed by atoms with Gasteiger partial charge in [0.2, 0.25) is 0 Å². The number of aromatic amines is 3. The monoisotopic (exact) mass is 335 g/mol. The molecule has 0 radical (unpaired) electrons. The number of fused-ring (bicyclic) bond motifs is 6. The van der Waals surface area contributed by atoms with E-state index in [0.29, 0.717) is 11.0 Å². The molecule has 0 spiro atoms. The summed E-state index contributed by atoms with van der Waals surface area (Å²) in [7, 11) is 1.97. The number of aryl methyl sites for hydroxylation is 2. The van der Waals surface area contributed by atoms with Crippen molar-refractivity contribution in [2.45, 2.75) is 26.2 Å². The summed E-state index contributed by atoms with van der Waals surface area (Å²) in [6.45, 7) is 2.10. The average Bonchev–Trinajstić information content (AvgIpc) is 2.99. The van der Waals surface area contributed by atoms with E-state index >= 15 is 0 Å². The minimum Gasteiger partial charge on any atom is -0.353 e. The topological polar surface area (TPSA) is 99.3 Å². The van der Waals surface area contributed by atoms with E-state index in [2.05, 4.69) is 21.9 Å². The van der Waals surface area contributed by atoms with Crippen LogP contribution in [0, 0.1) is 6.92 Å². The summed E-state index contributed by atoms with van der Waals surface area (Å²) in [5.74, 6) is 0. The Hall–Kier alpha value is -3.09. The highest BCUT2D eigenvalue weighted by Crippen LogP contribution is 2.37. The van der Waals surface area contributed by atoms with Gasteiger partial charge in [-0.2, -0.15) is 5.10 Å². The van der Waals surface area contributed by atoms with Gasteiger partial charge in [0.05, 0.1) is 16.7 Å². The van der Waals surface area contributed by atoms with Crippen LogP contribution in [-0.4, -0.2) is 24.7 Å². The summed E-state index contributed by atoms with van der Waals surface area (Å²) in [5.41, 5.74) is 6.70. The van der Waals surface area contributed by atoms with Crippen LogP contribution >= 0.6 is 0 Å². The van der Waals surface area contributed by atoms with Gasteiger partial charge in [0.15, 0.2) is 0 Å². The molecule has 0 saturated heterocycles. The van der Waals surface area contributed by atoms with Crippen molar-refractivity contribution in [3.63, 3.8) is 0 Å². The molecule has 4 aromatic rings. The quantitative estimate of drug-likeness (QED) is 0.428. The van der Waals surface area contributed by atoms with E-state index in [4.69, 9.17) is 5.10 Å². The van der Waals surface area contributed by atoms with Crippen LogP contribution in [0.2, 0.25) is 0 Å². The van der Waals surface area contributed by atoms with E-state index in [1.165, 1.54) is 16.8 Å². The van der Waals surface area contributed by atoms with Crippen molar-refractivity contribution in [2.75, 3.05) is 0 Å². The number of nitrogens with one attached hydrogen (secondary N) is 3. The highest BCUT2D eigenvalue weighted by molar-refractivity contribution is 5.98. The molecule has 3 N–H and O–H groups in total. The molecule has 0 atom stereocenters. The van der Waals surface area contributed by atoms with E-state index in [0.717, 1.165) is 41.6 Å². The lowest BCUT2D eigenvalue weighted by Gasteiger charge is -2.01. The van der Waals surface area contributed by atoms with Crippen LogP contribution in [-0.2, 0) is 19.9 Å². The summed E-state index contributed by atoms with van der Waals surface area (Å²) in [6.07, 6.45) is 3.02. The predicted octanol–water partition coefficient (Wildman–Crippen LogP) is 1.90. The number of hydrogen-bond acceptors (Lipinski definition) is 3. The Labute approximate surface area is 141 Å². The van der Waals surface area contributed by atoms with Crippen LogP contribution < -0.4 is 11.1 Å². The molecule has 3 aromatic heterocycles. The lowest BCUT2D eigenvalue weighted by molar-refractivity contribution is 0.733. The first-order valence-electron chi connectivity index (χ1n) is 8.36. The van der Waals surface area contributed by atoms with Crippen molar-refractivity contribution in [1.29, 1.82) is 0 Å². The maximum Gasteiger partial charge on any atom is 0.314 e. The minimum absolute atomic E-state index is 0.617. The highest BCUT2D eigenvalue weighted by atomic mass is 16.2. The van der Waals surface area contributed by atoms with Crippen molar-refractivity contribution in [3.8, 4) is 11.4 Å². The third kappa shape index (κ3) is 1.89. The van der Waals surface area contributed by atoms with E-state index in [1.807, 2.05) is 23.9 Å². The van der Waals surface area contributed by atoms with Crippen LogP contribution in [0.4, 0.5) is 0 Å². The molecule has 3 heterocycles. The number of aromatic nitrogens is 5. The second-order valence-corrected chi connectivity index (χ2v) is 6.72. The fourth-order valence-electron chi connectivity index (χ4n) is 3.92. The van der Waals surface area contributed by atoms with E-state index < -0.39 is 11.1 Å². The summed E-state index contributed by atoms with van der Waals surface area (Å²) in [4.78, 5) is 32.0. The summed E-state index contributed by atoms with van der Waals surface area (Å²) < 4.78 is 1.93. The Kier molecular flexibility index (Phi) is 2.69. The molecule has 1 aliphatic carbocycles. The van der Waals surface area contributed by atoms with Crippen molar-refractivity contribution in [3.05, 3.63) is 49.7 Å². The molecule has 0 fully saturated rings. The van der Waals surface area contributed by atoms with E-state index in [1.54, 1.807) is 0 Å². The maximum atomic E-state index is 11.6. The molecule has 0 amide bonds. The number of benzene rings is 1. The first-order valence-corrected chi connectivity index (χ1v) is 8.36. The summed E-state index contributed by atoms with van der Waals surface area (Å²) in [5, 5.41) is 5.79. The Morgan fingerprint density at radius 1 is 0.960 bits per heavy atom. The van der Waals surface area contributed by atoms with Gasteiger partial charge in [0, 0.05) is 29.2 Å². The molecule has 0 bridgehead atoms. The lowest BCUT2D eigenvalue weighted by Crippen LogP contribution is -2.28. The summed E-state index contributed by atoms with van der Waals surface area (Å²) >= 11 is 0. The molecule has 0 saturated carbocycles. The molecule has 0 unspecified atom stereocenters. The van der Waals surface area contributed by atoms with Crippen LogP contribution in [0.15, 0.2) is 21.7 Å². The van der Waals surface area contributed by atoms with Crippen molar-refractivity contribution in [1.82, 2.24) is 24.7 Å². The van der Waals surface area contributed by atoms with Gasteiger partial charge in [-0.3, -0.25) is 14.3 Å². The predicted molar refractivity (Wildman–Crippen MR) is 96.0 cm³/mol. The zero-order valence-electron chi connectivity index (χ0n) is 14.0. The number of nitrogens with zero attached hydrogens (tertiary/aromatic N) is 2. The molecule has 7 heteroatoms. The van der Waals surface area contributed by atoms with E-state index in [9.17, 15) is 9.59 Å². The van der Waals surface area contributed by atoms with Gasteiger partial charge in [-0.1, -0.05) is 0 Å². The van der Waals surface area contributed by atoms with Gasteiger partial charge >= 0.3 is 11.1 Å². The Morgan fingerprint density at radius 3 is 2.40 bits per heavy atom. The van der Waals surface area contributed by atoms with Crippen LogP contribution in [0.1, 0.15) is 23.2 Å². The molecular weight excluding hydrogens is 318 g/mol. The SMILES string of the molecule is Cc1c2c(nn1C)-c1[nH]c3cc4[nH]c(=O)c(=O)[nH]c4cc3c1CCC2. The molecule has 126 valence electrons. The molecule has 25 heavy (non-hydrogen) atoms. The normalized spacial score (nSPS) is 13.8. The molecular formula is C18H17N5O2. The average molecular weight is 335 g/mol. The maximum absolute atomic E-state index is 11.6. The number of H-pyrrole nitrogens is 3. The fourth-order valence-corrected chi connectivity index (χ4v) is 3.92. The Balaban J connectivity index is 1.88. The van der Waals surface area contributed by atoms with Gasteiger partial charge in [0.25, 0.3) is 0 Å². The van der Waals surface area contributed by atoms with Gasteiger partial charge in [0.1, 0.15) is 5.69 Å². The van der Waals surface area contributed by atoms with Gasteiger partial charge in [-0.05, 0) is 43.9 Å². The highest BCUT2D eigenvalue weighted by Gasteiger charge is 2.24. The van der Waals surface area contributed by atoms with Gasteiger partial charge in [-0.15, -0.1) is 0 Å². The molecule has 0 aliphatic heterocycles. The zero-order chi connectivity index (χ0) is 17.3. The van der Waals surface area contributed by atoms with Crippen molar-refractivity contribution >= 4 is 21.9 Å². The lowest BCUT2D eigenvalue weighted by atomic mass is 10.1. The van der Waals surface area contributed by atoms with Crippen LogP contribution in [0.5, 0.6) is 0 Å². The molecule has 1 aliphatic rings. The first-order chi connectivity index (χ1) is 12.0. The second-order valence-electron chi connectivity index (χ2n) is 6.72. The third-order valence-electron chi connectivity index (χ3n) is 5.30. The van der Waals surface area contributed by atoms with Crippen molar-refractivity contribution in [2.24, 2.45) is 7.05 Å². The van der Waals surface area contributed by atoms with E-state index in [-0.39, 0.29) is 0 Å². The number of rotatable bonds is 0. The summed E-state index contributed by atoms with van der Waals surface area (Å²) in [6, 6.07) is 3.82. The molecule has 1 aromatic carbocycles. The molecule has 5 rings (SSSR count). The standard InChI is InChI=1S/C18H17N5O2/c1-8-9-4-3-5-10-11-6-13-14(21-18(25)17(24)20-13)7-12(11)19-15(10)16(9)22-23(8)2/h6-7,19H,3-5H2,1-2H3,(H,20,24)(H,21,25). The Bertz CT molecular complexity index is 1290. The molecule has 7 nitrogen and oxygen atoms in total. The fraction of sp³-hybridized carbons (Fsp3) is 0.278. The third-order valence-corrected chi connectivity index (χ3v) is 5.30. The Morgan fingerprint density at radius 2 is 1.64 bits per heavy atom. The number of hydrogen-bond donors (Lipinski definition) is 3. The van der Waals surface area contributed by atoms with Crippen LogP contribution in [0.3, 0.4) is 0 Å². The second kappa shape index (κ2) is 4.72. The smallest absolute Gasteiger partial charge is 0.314 e. The van der Waals surface area contributed by atoms with Gasteiger partial charge in [-0.25, -0.2) is 0 Å². The van der Waals surface area contributed by atoms with Gasteiger partial charge < -0.3 is 15.0 Å². The minimum atomic E-state index is -0.636. The first kappa shape index (κ1) is 14.3. The van der Waals surface area contributed by atoms with Crippen molar-refractivity contribution < 1.29 is 0 Å². The zero-order valence-corrected chi connectivity index (χ0v) is 14.0. The largest absolute Gasteiger partial charge is 0.353 e.